The summed E-state index contributed by atoms with van der Waals surface area (Å²) in [4.78, 5) is 0. The SMILES string of the molecule is COC(C)c1cc(C)ccc1N. The van der Waals surface area contributed by atoms with E-state index >= 15 is 0 Å². The minimum absolute atomic E-state index is 0.0740. The second-order valence-corrected chi connectivity index (χ2v) is 3.01. The number of aryl methyl sites for hydroxylation is 1. The van der Waals surface area contributed by atoms with Gasteiger partial charge in [-0.25, -0.2) is 0 Å². The van der Waals surface area contributed by atoms with Gasteiger partial charge in [-0.15, -0.1) is 0 Å². The van der Waals surface area contributed by atoms with E-state index in [0.717, 1.165) is 11.3 Å². The van der Waals surface area contributed by atoms with E-state index in [4.69, 9.17) is 10.5 Å². The zero-order valence-electron chi connectivity index (χ0n) is 7.79. The predicted molar refractivity (Wildman–Crippen MR) is 51.0 cm³/mol. The van der Waals surface area contributed by atoms with Crippen molar-refractivity contribution in [1.29, 1.82) is 0 Å². The fourth-order valence-corrected chi connectivity index (χ4v) is 1.17. The third kappa shape index (κ3) is 1.77. The van der Waals surface area contributed by atoms with E-state index in [-0.39, 0.29) is 6.10 Å². The average Bonchev–Trinajstić information content (AvgIpc) is 2.08. The first kappa shape index (κ1) is 9.07. The molecule has 1 rings (SSSR count). The lowest BCUT2D eigenvalue weighted by Crippen LogP contribution is -2.01. The van der Waals surface area contributed by atoms with Gasteiger partial charge in [-0.2, -0.15) is 0 Å². The smallest absolute Gasteiger partial charge is 0.0812 e. The summed E-state index contributed by atoms with van der Waals surface area (Å²) in [5.74, 6) is 0. The Bertz CT molecular complexity index is 271. The van der Waals surface area contributed by atoms with Gasteiger partial charge in [-0.1, -0.05) is 17.7 Å². The van der Waals surface area contributed by atoms with Crippen LogP contribution in [0.15, 0.2) is 18.2 Å². The van der Waals surface area contributed by atoms with Crippen molar-refractivity contribution in [3.8, 4) is 0 Å². The van der Waals surface area contributed by atoms with Crippen molar-refractivity contribution in [2.45, 2.75) is 20.0 Å². The van der Waals surface area contributed by atoms with E-state index < -0.39 is 0 Å². The van der Waals surface area contributed by atoms with Gasteiger partial charge in [0.1, 0.15) is 0 Å². The molecule has 0 saturated carbocycles. The van der Waals surface area contributed by atoms with Crippen molar-refractivity contribution in [1.82, 2.24) is 0 Å². The minimum Gasteiger partial charge on any atom is -0.398 e. The second kappa shape index (κ2) is 3.59. The van der Waals surface area contributed by atoms with Gasteiger partial charge in [0, 0.05) is 18.4 Å². The number of benzene rings is 1. The maximum atomic E-state index is 5.79. The quantitative estimate of drug-likeness (QED) is 0.682. The van der Waals surface area contributed by atoms with Gasteiger partial charge in [0.05, 0.1) is 6.10 Å². The van der Waals surface area contributed by atoms with Crippen LogP contribution in [0.2, 0.25) is 0 Å². The molecule has 0 bridgehead atoms. The van der Waals surface area contributed by atoms with Gasteiger partial charge in [0.25, 0.3) is 0 Å². The largest absolute Gasteiger partial charge is 0.398 e. The van der Waals surface area contributed by atoms with Crippen LogP contribution in [0, 0.1) is 6.92 Å². The van der Waals surface area contributed by atoms with Crippen molar-refractivity contribution in [3.63, 3.8) is 0 Å². The number of methoxy groups -OCH3 is 1. The predicted octanol–water partition coefficient (Wildman–Crippen LogP) is 2.28. The third-order valence-electron chi connectivity index (χ3n) is 2.03. The highest BCUT2D eigenvalue weighted by Crippen LogP contribution is 2.23. The number of hydrogen-bond donors (Lipinski definition) is 1. The molecule has 0 aliphatic carbocycles. The Balaban J connectivity index is 3.04. The molecule has 0 fully saturated rings. The van der Waals surface area contributed by atoms with Crippen LogP contribution in [0.3, 0.4) is 0 Å². The van der Waals surface area contributed by atoms with Crippen LogP contribution in [0.1, 0.15) is 24.2 Å². The number of ether oxygens (including phenoxy) is 1. The molecule has 1 unspecified atom stereocenters. The average molecular weight is 165 g/mol. The van der Waals surface area contributed by atoms with Crippen molar-refractivity contribution in [2.24, 2.45) is 0 Å². The summed E-state index contributed by atoms with van der Waals surface area (Å²) in [6.07, 6.45) is 0.0740. The van der Waals surface area contributed by atoms with Crippen LogP contribution in [-0.2, 0) is 4.74 Å². The Morgan fingerprint density at radius 1 is 1.42 bits per heavy atom. The summed E-state index contributed by atoms with van der Waals surface area (Å²) >= 11 is 0. The van der Waals surface area contributed by atoms with Crippen molar-refractivity contribution >= 4 is 5.69 Å². The first-order chi connectivity index (χ1) is 5.65. The molecule has 0 aliphatic rings. The molecule has 0 aromatic heterocycles. The van der Waals surface area contributed by atoms with Crippen LogP contribution < -0.4 is 5.73 Å². The number of rotatable bonds is 2. The summed E-state index contributed by atoms with van der Waals surface area (Å²) in [5, 5.41) is 0. The lowest BCUT2D eigenvalue weighted by atomic mass is 10.1. The minimum atomic E-state index is 0.0740. The van der Waals surface area contributed by atoms with E-state index in [9.17, 15) is 0 Å². The fourth-order valence-electron chi connectivity index (χ4n) is 1.17. The molecule has 1 atom stereocenters. The summed E-state index contributed by atoms with van der Waals surface area (Å²) in [6.45, 7) is 4.04. The Morgan fingerprint density at radius 3 is 2.67 bits per heavy atom. The van der Waals surface area contributed by atoms with Gasteiger partial charge in [-0.3, -0.25) is 0 Å². The standard InChI is InChI=1S/C10H15NO/c1-7-4-5-10(11)9(6-7)8(2)12-3/h4-6,8H,11H2,1-3H3. The number of nitrogen functional groups attached to an aromatic ring is 1. The van der Waals surface area contributed by atoms with E-state index in [1.165, 1.54) is 5.56 Å². The summed E-state index contributed by atoms with van der Waals surface area (Å²) in [7, 11) is 1.69. The first-order valence-corrected chi connectivity index (χ1v) is 4.04. The molecule has 2 heteroatoms. The Kier molecular flexibility index (Phi) is 2.71. The summed E-state index contributed by atoms with van der Waals surface area (Å²) in [6, 6.07) is 5.98. The van der Waals surface area contributed by atoms with Crippen LogP contribution in [-0.4, -0.2) is 7.11 Å². The maximum absolute atomic E-state index is 5.79. The molecule has 2 N–H and O–H groups in total. The Hall–Kier alpha value is -1.02. The van der Waals surface area contributed by atoms with E-state index in [2.05, 4.69) is 6.07 Å². The van der Waals surface area contributed by atoms with Crippen molar-refractivity contribution in [3.05, 3.63) is 29.3 Å². The van der Waals surface area contributed by atoms with Crippen LogP contribution in [0.5, 0.6) is 0 Å². The molecule has 0 spiro atoms. The van der Waals surface area contributed by atoms with E-state index in [1.54, 1.807) is 7.11 Å². The normalized spacial score (nSPS) is 12.9. The molecule has 0 saturated heterocycles. The highest BCUT2D eigenvalue weighted by molar-refractivity contribution is 5.49. The molecule has 1 aromatic carbocycles. The fraction of sp³-hybridized carbons (Fsp3) is 0.400. The molecule has 0 amide bonds. The third-order valence-corrected chi connectivity index (χ3v) is 2.03. The number of nitrogens with two attached hydrogens (primary N) is 1. The molecule has 2 nitrogen and oxygen atoms in total. The van der Waals surface area contributed by atoms with Crippen molar-refractivity contribution in [2.75, 3.05) is 12.8 Å². The number of anilines is 1. The van der Waals surface area contributed by atoms with Gasteiger partial charge < -0.3 is 10.5 Å². The lowest BCUT2D eigenvalue weighted by Gasteiger charge is -2.12. The lowest BCUT2D eigenvalue weighted by molar-refractivity contribution is 0.120. The Labute approximate surface area is 73.3 Å². The zero-order valence-corrected chi connectivity index (χ0v) is 7.79. The van der Waals surface area contributed by atoms with Crippen LogP contribution >= 0.6 is 0 Å². The highest BCUT2D eigenvalue weighted by atomic mass is 16.5. The summed E-state index contributed by atoms with van der Waals surface area (Å²) in [5.41, 5.74) is 8.87. The molecule has 0 heterocycles. The van der Waals surface area contributed by atoms with Gasteiger partial charge >= 0.3 is 0 Å². The van der Waals surface area contributed by atoms with E-state index in [1.807, 2.05) is 26.0 Å². The molecular weight excluding hydrogens is 150 g/mol. The van der Waals surface area contributed by atoms with E-state index in [0.29, 0.717) is 0 Å². The molecule has 0 aliphatic heterocycles. The summed E-state index contributed by atoms with van der Waals surface area (Å²) < 4.78 is 5.19. The zero-order chi connectivity index (χ0) is 9.14. The first-order valence-electron chi connectivity index (χ1n) is 4.04. The Morgan fingerprint density at radius 2 is 2.08 bits per heavy atom. The second-order valence-electron chi connectivity index (χ2n) is 3.01. The molecular formula is C10H15NO. The van der Waals surface area contributed by atoms with Crippen LogP contribution in [0.25, 0.3) is 0 Å². The monoisotopic (exact) mass is 165 g/mol. The molecule has 0 radical (unpaired) electrons. The molecule has 66 valence electrons. The molecule has 12 heavy (non-hydrogen) atoms. The van der Waals surface area contributed by atoms with Crippen LogP contribution in [0.4, 0.5) is 5.69 Å². The van der Waals surface area contributed by atoms with Gasteiger partial charge in [0.2, 0.25) is 0 Å². The highest BCUT2D eigenvalue weighted by Gasteiger charge is 2.06. The maximum Gasteiger partial charge on any atom is 0.0812 e. The topological polar surface area (TPSA) is 35.2 Å². The van der Waals surface area contributed by atoms with Crippen molar-refractivity contribution < 1.29 is 4.74 Å². The van der Waals surface area contributed by atoms with Gasteiger partial charge in [-0.05, 0) is 19.9 Å². The number of hydrogen-bond acceptors (Lipinski definition) is 2. The van der Waals surface area contributed by atoms with Gasteiger partial charge in [0.15, 0.2) is 0 Å². The molecule has 1 aromatic rings.